The first-order valence-electron chi connectivity index (χ1n) is 11.8. The number of carbonyl (C=O) groups is 1. The number of hydrogen-bond acceptors (Lipinski definition) is 6. The number of Topliss-reactive ketones (excluding diaryl/α,β-unsaturated/α-hetero) is 1. The molecule has 1 fully saturated rings. The number of nitrogens with zero attached hydrogens (tertiary/aromatic N) is 4. The van der Waals surface area contributed by atoms with E-state index < -0.39 is 11.2 Å². The second kappa shape index (κ2) is 11.1. The quantitative estimate of drug-likeness (QED) is 0.501. The minimum absolute atomic E-state index is 0.0726. The Bertz CT molecular complexity index is 1300. The normalized spacial score (nSPS) is 15.0. The van der Waals surface area contributed by atoms with Crippen LogP contribution in [0.2, 0.25) is 0 Å². The van der Waals surface area contributed by atoms with Gasteiger partial charge in [0.25, 0.3) is 5.56 Å². The summed E-state index contributed by atoms with van der Waals surface area (Å²) in [6, 6.07) is 19.5. The van der Waals surface area contributed by atoms with Gasteiger partial charge in [0.05, 0.1) is 13.1 Å². The van der Waals surface area contributed by atoms with Gasteiger partial charge in [-0.05, 0) is 11.1 Å². The molecule has 8 nitrogen and oxygen atoms in total. The van der Waals surface area contributed by atoms with Gasteiger partial charge in [0, 0.05) is 39.8 Å². The molecule has 1 aromatic heterocycles. The lowest BCUT2D eigenvalue weighted by molar-refractivity contribution is 0.0863. The zero-order chi connectivity index (χ0) is 24.8. The maximum atomic E-state index is 13.2. The van der Waals surface area contributed by atoms with Gasteiger partial charge in [-0.15, -0.1) is 0 Å². The van der Waals surface area contributed by atoms with Crippen molar-refractivity contribution in [3.05, 3.63) is 104 Å². The molecule has 8 heteroatoms. The van der Waals surface area contributed by atoms with E-state index in [9.17, 15) is 14.4 Å². The summed E-state index contributed by atoms with van der Waals surface area (Å²) < 4.78 is 2.25. The summed E-state index contributed by atoms with van der Waals surface area (Å²) in [4.78, 5) is 43.0. The molecule has 0 aliphatic carbocycles. The number of anilines is 1. The standard InChI is InChI=1S/C27H31N5O3/c1-29-26(34)24(25(28)32(27(29)35)19-22-11-6-3-7-12-22)23(33)20-31-17-15-30(16-18-31)14-8-13-21-9-4-2-5-10-21/h2-13H,14-20,28H2,1H3/b13-8+. The van der Waals surface area contributed by atoms with Gasteiger partial charge in [-0.3, -0.25) is 28.5 Å². The molecule has 0 atom stereocenters. The van der Waals surface area contributed by atoms with E-state index in [0.717, 1.165) is 42.9 Å². The summed E-state index contributed by atoms with van der Waals surface area (Å²) in [5, 5.41) is 0. The van der Waals surface area contributed by atoms with Crippen molar-refractivity contribution >= 4 is 17.7 Å². The predicted molar refractivity (Wildman–Crippen MR) is 139 cm³/mol. The van der Waals surface area contributed by atoms with Gasteiger partial charge in [-0.2, -0.15) is 0 Å². The summed E-state index contributed by atoms with van der Waals surface area (Å²) in [5.41, 5.74) is 6.96. The Balaban J connectivity index is 1.40. The maximum Gasteiger partial charge on any atom is 0.332 e. The third kappa shape index (κ3) is 5.85. The van der Waals surface area contributed by atoms with Gasteiger partial charge in [0.15, 0.2) is 5.78 Å². The van der Waals surface area contributed by atoms with Crippen molar-refractivity contribution in [2.24, 2.45) is 7.05 Å². The first-order valence-corrected chi connectivity index (χ1v) is 11.8. The molecule has 35 heavy (non-hydrogen) atoms. The summed E-state index contributed by atoms with van der Waals surface area (Å²) in [5.74, 6) is -0.432. The maximum absolute atomic E-state index is 13.2. The Kier molecular flexibility index (Phi) is 7.74. The van der Waals surface area contributed by atoms with Crippen molar-refractivity contribution in [1.29, 1.82) is 0 Å². The van der Waals surface area contributed by atoms with Crippen LogP contribution in [-0.4, -0.2) is 64.0 Å². The highest BCUT2D eigenvalue weighted by Crippen LogP contribution is 2.11. The van der Waals surface area contributed by atoms with Gasteiger partial charge < -0.3 is 5.73 Å². The molecular formula is C27H31N5O3. The smallest absolute Gasteiger partial charge is 0.332 e. The SMILES string of the molecule is Cn1c(=O)c(C(=O)CN2CCN(C/C=C/c3ccccc3)CC2)c(N)n(Cc2ccccc2)c1=O. The van der Waals surface area contributed by atoms with E-state index in [2.05, 4.69) is 29.2 Å². The molecule has 1 saturated heterocycles. The summed E-state index contributed by atoms with van der Waals surface area (Å²) in [6.45, 7) is 4.21. The Morgan fingerprint density at radius 2 is 1.51 bits per heavy atom. The lowest BCUT2D eigenvalue weighted by atomic mass is 10.1. The largest absolute Gasteiger partial charge is 0.384 e. The van der Waals surface area contributed by atoms with Crippen molar-refractivity contribution < 1.29 is 4.79 Å². The lowest BCUT2D eigenvalue weighted by Gasteiger charge is -2.33. The van der Waals surface area contributed by atoms with Gasteiger partial charge in [-0.25, -0.2) is 4.79 Å². The average molecular weight is 474 g/mol. The predicted octanol–water partition coefficient (Wildman–Crippen LogP) is 1.69. The highest BCUT2D eigenvalue weighted by molar-refractivity contribution is 6.01. The molecule has 1 aliphatic rings. The number of carbonyl (C=O) groups excluding carboxylic acids is 1. The number of aromatic nitrogens is 2. The van der Waals surface area contributed by atoms with Crippen LogP contribution in [0, 0.1) is 0 Å². The van der Waals surface area contributed by atoms with E-state index in [-0.39, 0.29) is 30.3 Å². The number of benzene rings is 2. The molecule has 2 N–H and O–H groups in total. The lowest BCUT2D eigenvalue weighted by Crippen LogP contribution is -2.49. The van der Waals surface area contributed by atoms with Crippen LogP contribution in [0.4, 0.5) is 5.82 Å². The molecule has 2 aromatic carbocycles. The van der Waals surface area contributed by atoms with E-state index in [1.54, 1.807) is 0 Å². The third-order valence-corrected chi connectivity index (χ3v) is 6.35. The molecular weight excluding hydrogens is 442 g/mol. The van der Waals surface area contributed by atoms with Crippen LogP contribution in [0.15, 0.2) is 76.3 Å². The number of nitrogen functional groups attached to an aromatic ring is 1. The van der Waals surface area contributed by atoms with E-state index in [1.807, 2.05) is 53.4 Å². The van der Waals surface area contributed by atoms with Crippen LogP contribution in [0.25, 0.3) is 6.08 Å². The van der Waals surface area contributed by atoms with Crippen molar-refractivity contribution in [1.82, 2.24) is 18.9 Å². The molecule has 0 amide bonds. The van der Waals surface area contributed by atoms with Crippen LogP contribution < -0.4 is 17.0 Å². The molecule has 2 heterocycles. The van der Waals surface area contributed by atoms with Crippen molar-refractivity contribution in [2.75, 3.05) is 45.0 Å². The van der Waals surface area contributed by atoms with Gasteiger partial charge in [0.1, 0.15) is 11.4 Å². The molecule has 0 bridgehead atoms. The molecule has 0 unspecified atom stereocenters. The number of rotatable bonds is 8. The van der Waals surface area contributed by atoms with Gasteiger partial charge >= 0.3 is 5.69 Å². The van der Waals surface area contributed by atoms with Crippen LogP contribution in [0.3, 0.4) is 0 Å². The zero-order valence-corrected chi connectivity index (χ0v) is 20.0. The fourth-order valence-corrected chi connectivity index (χ4v) is 4.28. The zero-order valence-electron chi connectivity index (χ0n) is 20.0. The second-order valence-electron chi connectivity index (χ2n) is 8.79. The Morgan fingerprint density at radius 3 is 2.17 bits per heavy atom. The summed E-state index contributed by atoms with van der Waals surface area (Å²) in [6.07, 6.45) is 4.26. The molecule has 182 valence electrons. The highest BCUT2D eigenvalue weighted by Gasteiger charge is 2.25. The average Bonchev–Trinajstić information content (AvgIpc) is 2.88. The Hall–Kier alpha value is -3.75. The number of piperazine rings is 1. The minimum Gasteiger partial charge on any atom is -0.384 e. The number of hydrogen-bond donors (Lipinski definition) is 1. The van der Waals surface area contributed by atoms with Crippen LogP contribution in [0.5, 0.6) is 0 Å². The fraction of sp³-hybridized carbons (Fsp3) is 0.296. The van der Waals surface area contributed by atoms with E-state index >= 15 is 0 Å². The monoisotopic (exact) mass is 473 g/mol. The Morgan fingerprint density at radius 1 is 0.914 bits per heavy atom. The first kappa shape index (κ1) is 24.4. The number of nitrogens with two attached hydrogens (primary N) is 1. The molecule has 0 spiro atoms. The van der Waals surface area contributed by atoms with E-state index in [1.165, 1.54) is 17.2 Å². The van der Waals surface area contributed by atoms with Crippen LogP contribution >= 0.6 is 0 Å². The molecule has 1 aliphatic heterocycles. The van der Waals surface area contributed by atoms with Gasteiger partial charge in [-0.1, -0.05) is 72.8 Å². The molecule has 3 aromatic rings. The third-order valence-electron chi connectivity index (χ3n) is 6.35. The van der Waals surface area contributed by atoms with Crippen molar-refractivity contribution in [3.8, 4) is 0 Å². The first-order chi connectivity index (χ1) is 16.9. The molecule has 0 radical (unpaired) electrons. The summed E-state index contributed by atoms with van der Waals surface area (Å²) >= 11 is 0. The topological polar surface area (TPSA) is 93.6 Å². The highest BCUT2D eigenvalue weighted by atomic mass is 16.2. The second-order valence-corrected chi connectivity index (χ2v) is 8.79. The molecule has 4 rings (SSSR count). The van der Waals surface area contributed by atoms with Crippen LogP contribution in [-0.2, 0) is 13.6 Å². The number of ketones is 1. The minimum atomic E-state index is -0.647. The van der Waals surface area contributed by atoms with Gasteiger partial charge in [0.2, 0.25) is 0 Å². The van der Waals surface area contributed by atoms with E-state index in [0.29, 0.717) is 0 Å². The van der Waals surface area contributed by atoms with Crippen LogP contribution in [0.1, 0.15) is 21.5 Å². The Labute approximate surface area is 204 Å². The fourth-order valence-electron chi connectivity index (χ4n) is 4.28. The molecule has 0 saturated carbocycles. The van der Waals surface area contributed by atoms with Crippen molar-refractivity contribution in [3.63, 3.8) is 0 Å². The van der Waals surface area contributed by atoms with Crippen molar-refractivity contribution in [2.45, 2.75) is 6.54 Å². The summed E-state index contributed by atoms with van der Waals surface area (Å²) in [7, 11) is 1.38. The van der Waals surface area contributed by atoms with E-state index in [4.69, 9.17) is 5.73 Å².